The number of halogens is 3. The quantitative estimate of drug-likeness (QED) is 0.301. The largest absolute Gasteiger partial charge is 0.455 e. The zero-order chi connectivity index (χ0) is 30.1. The van der Waals surface area contributed by atoms with Gasteiger partial charge in [0, 0.05) is 63.8 Å². The van der Waals surface area contributed by atoms with E-state index in [0.29, 0.717) is 35.7 Å². The van der Waals surface area contributed by atoms with Gasteiger partial charge in [-0.05, 0) is 54.4 Å². The van der Waals surface area contributed by atoms with Crippen molar-refractivity contribution in [3.05, 3.63) is 82.9 Å². The highest BCUT2D eigenvalue weighted by Crippen LogP contribution is 2.36. The molecule has 0 saturated carbocycles. The zero-order valence-electron chi connectivity index (χ0n) is 24.3. The first kappa shape index (κ1) is 29.1. The summed E-state index contributed by atoms with van der Waals surface area (Å²) in [6.07, 6.45) is 1.07. The number of pyridine rings is 2. The van der Waals surface area contributed by atoms with Gasteiger partial charge >= 0.3 is 6.18 Å². The number of alkyl halides is 3. The number of amides is 1. The lowest BCUT2D eigenvalue weighted by atomic mass is 9.96. The molecule has 6 rings (SSSR count). The van der Waals surface area contributed by atoms with Crippen molar-refractivity contribution in [2.24, 2.45) is 0 Å². The minimum atomic E-state index is -4.50. The molecule has 2 aliphatic rings. The van der Waals surface area contributed by atoms with Gasteiger partial charge in [0.2, 0.25) is 5.91 Å². The van der Waals surface area contributed by atoms with Crippen LogP contribution in [-0.2, 0) is 30.4 Å². The van der Waals surface area contributed by atoms with E-state index in [2.05, 4.69) is 31.7 Å². The third-order valence-electron chi connectivity index (χ3n) is 8.60. The molecule has 0 unspecified atom stereocenters. The van der Waals surface area contributed by atoms with Crippen LogP contribution in [-0.4, -0.2) is 74.8 Å². The number of piperazine rings is 1. The number of H-pyrrole nitrogens is 1. The summed E-state index contributed by atoms with van der Waals surface area (Å²) in [4.78, 5) is 31.5. The summed E-state index contributed by atoms with van der Waals surface area (Å²) in [6.45, 7) is 8.82. The maximum atomic E-state index is 14.1. The number of ether oxygens (including phenoxy) is 1. The van der Waals surface area contributed by atoms with Gasteiger partial charge in [-0.25, -0.2) is 4.98 Å². The first-order chi connectivity index (χ1) is 20.7. The van der Waals surface area contributed by atoms with Crippen LogP contribution in [0.1, 0.15) is 47.8 Å². The van der Waals surface area contributed by atoms with Crippen molar-refractivity contribution >= 4 is 16.9 Å². The summed E-state index contributed by atoms with van der Waals surface area (Å²) in [7, 11) is 0. The molecule has 0 bridgehead atoms. The van der Waals surface area contributed by atoms with Gasteiger partial charge in [-0.15, -0.1) is 0 Å². The first-order valence-corrected chi connectivity index (χ1v) is 14.7. The van der Waals surface area contributed by atoms with Crippen LogP contribution in [0.15, 0.2) is 55.0 Å². The van der Waals surface area contributed by atoms with Crippen LogP contribution in [0, 0.1) is 0 Å². The molecular formula is C32H35F3N6O2. The molecule has 1 N–H and O–H groups in total. The second kappa shape index (κ2) is 12.0. The van der Waals surface area contributed by atoms with Crippen LogP contribution in [0.4, 0.5) is 13.2 Å². The number of nitrogens with one attached hydrogen (secondary N) is 1. The molecule has 2 aliphatic heterocycles. The predicted octanol–water partition coefficient (Wildman–Crippen LogP) is 5.59. The van der Waals surface area contributed by atoms with E-state index in [1.165, 1.54) is 0 Å². The molecule has 1 saturated heterocycles. The number of rotatable bonds is 7. The van der Waals surface area contributed by atoms with Crippen LogP contribution in [0.2, 0.25) is 0 Å². The number of benzene rings is 1. The average Bonchev–Trinajstić information content (AvgIpc) is 3.48. The number of likely N-dealkylation sites (N-methyl/N-ethyl adjacent to an activating group) is 1. The van der Waals surface area contributed by atoms with E-state index in [9.17, 15) is 18.0 Å². The Bertz CT molecular complexity index is 1610. The van der Waals surface area contributed by atoms with E-state index >= 15 is 0 Å². The van der Waals surface area contributed by atoms with Crippen molar-refractivity contribution in [3.63, 3.8) is 0 Å². The van der Waals surface area contributed by atoms with Crippen molar-refractivity contribution in [3.8, 4) is 11.5 Å². The van der Waals surface area contributed by atoms with E-state index in [1.807, 2.05) is 19.1 Å². The Labute approximate surface area is 248 Å². The Hall–Kier alpha value is -3.96. The van der Waals surface area contributed by atoms with E-state index in [1.54, 1.807) is 41.7 Å². The summed E-state index contributed by atoms with van der Waals surface area (Å²) in [5.74, 6) is 0.954. The number of fused-ring (bicyclic) bond motifs is 2. The topological polar surface area (TPSA) is 77.6 Å². The maximum absolute atomic E-state index is 14.1. The molecule has 0 aliphatic carbocycles. The van der Waals surface area contributed by atoms with Crippen LogP contribution < -0.4 is 4.74 Å². The molecule has 0 radical (unpaired) electrons. The molecule has 5 heterocycles. The zero-order valence-corrected chi connectivity index (χ0v) is 24.3. The van der Waals surface area contributed by atoms with Crippen molar-refractivity contribution in [2.45, 2.75) is 45.5 Å². The number of nitrogens with zero attached hydrogens (tertiary/aromatic N) is 5. The number of carbonyl (C=O) groups is 1. The van der Waals surface area contributed by atoms with Gasteiger partial charge in [-0.2, -0.15) is 13.2 Å². The third-order valence-corrected chi connectivity index (χ3v) is 8.60. The monoisotopic (exact) mass is 592 g/mol. The molecule has 1 atom stereocenters. The lowest BCUT2D eigenvalue weighted by molar-refractivity contribution is -0.139. The minimum absolute atomic E-state index is 0.107. The fraction of sp³-hybridized carbons (Fsp3) is 0.406. The summed E-state index contributed by atoms with van der Waals surface area (Å²) < 4.78 is 48.5. The molecule has 1 fully saturated rings. The highest BCUT2D eigenvalue weighted by Gasteiger charge is 2.35. The molecule has 226 valence electrons. The molecule has 43 heavy (non-hydrogen) atoms. The molecule has 0 spiro atoms. The number of hydrogen-bond donors (Lipinski definition) is 1. The van der Waals surface area contributed by atoms with Crippen molar-refractivity contribution < 1.29 is 22.7 Å². The van der Waals surface area contributed by atoms with Gasteiger partial charge in [0.25, 0.3) is 0 Å². The highest BCUT2D eigenvalue weighted by atomic mass is 19.4. The molecule has 1 amide bonds. The third kappa shape index (κ3) is 6.23. The van der Waals surface area contributed by atoms with Crippen molar-refractivity contribution in [1.29, 1.82) is 0 Å². The van der Waals surface area contributed by atoms with Crippen LogP contribution in [0.25, 0.3) is 11.0 Å². The number of hydrogen-bond acceptors (Lipinski definition) is 6. The standard InChI is InChI=1S/C32H35F3N6O2/c1-3-39-12-14-40(15-13-39)20-23-5-4-22(16-27(23)32(33,34)35)17-30(42)41-11-8-28-26(21(41)2)18-24(19-38-28)43-29-7-10-37-31-25(29)6-9-36-31/h4-7,9-10,16,18-19,21H,3,8,11-15,17,20H2,1-2H3,(H,36,37)/t21-/m1/s1. The second-order valence-electron chi connectivity index (χ2n) is 11.2. The molecule has 8 nitrogen and oxygen atoms in total. The number of aromatic nitrogens is 3. The average molecular weight is 593 g/mol. The Balaban J connectivity index is 1.16. The summed E-state index contributed by atoms with van der Waals surface area (Å²) in [5.41, 5.74) is 2.41. The molecule has 11 heteroatoms. The normalized spacial score (nSPS) is 18.2. The predicted molar refractivity (Wildman–Crippen MR) is 157 cm³/mol. The van der Waals surface area contributed by atoms with E-state index in [4.69, 9.17) is 4.74 Å². The van der Waals surface area contributed by atoms with E-state index < -0.39 is 11.7 Å². The van der Waals surface area contributed by atoms with Crippen LogP contribution >= 0.6 is 0 Å². The van der Waals surface area contributed by atoms with Gasteiger partial charge in [0.15, 0.2) is 0 Å². The van der Waals surface area contributed by atoms with Gasteiger partial charge in [0.1, 0.15) is 17.1 Å². The van der Waals surface area contributed by atoms with Gasteiger partial charge < -0.3 is 19.5 Å². The lowest BCUT2D eigenvalue weighted by Crippen LogP contribution is -2.45. The fourth-order valence-electron chi connectivity index (χ4n) is 6.11. The van der Waals surface area contributed by atoms with E-state index in [0.717, 1.165) is 55.4 Å². The SMILES string of the molecule is CCN1CCN(Cc2ccc(CC(=O)N3CCc4ncc(Oc5ccnc6[nH]ccc56)cc4[C@H]3C)cc2C(F)(F)F)CC1. The summed E-state index contributed by atoms with van der Waals surface area (Å²) >= 11 is 0. The lowest BCUT2D eigenvalue weighted by Gasteiger charge is -2.35. The minimum Gasteiger partial charge on any atom is -0.455 e. The van der Waals surface area contributed by atoms with Crippen molar-refractivity contribution in [1.82, 2.24) is 29.7 Å². The summed E-state index contributed by atoms with van der Waals surface area (Å²) in [6, 6.07) is 9.61. The Morgan fingerprint density at radius 3 is 2.60 bits per heavy atom. The molecule has 1 aromatic carbocycles. The summed E-state index contributed by atoms with van der Waals surface area (Å²) in [5, 5.41) is 0.841. The molecular weight excluding hydrogens is 557 g/mol. The maximum Gasteiger partial charge on any atom is 0.416 e. The van der Waals surface area contributed by atoms with Gasteiger partial charge in [0.05, 0.1) is 29.6 Å². The van der Waals surface area contributed by atoms with Crippen LogP contribution in [0.5, 0.6) is 11.5 Å². The van der Waals surface area contributed by atoms with Crippen molar-refractivity contribution in [2.75, 3.05) is 39.3 Å². The molecule has 4 aromatic rings. The Morgan fingerprint density at radius 2 is 1.84 bits per heavy atom. The second-order valence-corrected chi connectivity index (χ2v) is 11.2. The van der Waals surface area contributed by atoms with Gasteiger partial charge in [-0.1, -0.05) is 19.1 Å². The van der Waals surface area contributed by atoms with Crippen LogP contribution in [0.3, 0.4) is 0 Å². The molecule has 3 aromatic heterocycles. The van der Waals surface area contributed by atoms with Gasteiger partial charge in [-0.3, -0.25) is 14.7 Å². The highest BCUT2D eigenvalue weighted by molar-refractivity contribution is 5.82. The first-order valence-electron chi connectivity index (χ1n) is 14.7. The number of aromatic amines is 1. The Morgan fingerprint density at radius 1 is 1.05 bits per heavy atom. The number of carbonyl (C=O) groups excluding carboxylic acids is 1. The Kier molecular flexibility index (Phi) is 8.11. The smallest absolute Gasteiger partial charge is 0.416 e. The fourth-order valence-corrected chi connectivity index (χ4v) is 6.11. The van der Waals surface area contributed by atoms with E-state index in [-0.39, 0.29) is 30.5 Å².